The Labute approximate surface area is 113 Å². The molecule has 1 N–H and O–H groups in total. The van der Waals surface area contributed by atoms with Gasteiger partial charge in [-0.2, -0.15) is 0 Å². The topological polar surface area (TPSA) is 15.3 Å². The Morgan fingerprint density at radius 2 is 2.11 bits per heavy atom. The highest BCUT2D eigenvalue weighted by Gasteiger charge is 2.32. The lowest BCUT2D eigenvalue weighted by molar-refractivity contribution is 0.276. The first-order valence-corrected chi connectivity index (χ1v) is 6.93. The van der Waals surface area contributed by atoms with Crippen LogP contribution in [0.4, 0.5) is 10.1 Å². The van der Waals surface area contributed by atoms with Gasteiger partial charge in [-0.25, -0.2) is 4.39 Å². The summed E-state index contributed by atoms with van der Waals surface area (Å²) in [5, 5.41) is 4.16. The summed E-state index contributed by atoms with van der Waals surface area (Å²) in [6, 6.07) is 4.76. The van der Waals surface area contributed by atoms with Crippen LogP contribution in [-0.2, 0) is 0 Å². The Morgan fingerprint density at radius 1 is 1.39 bits per heavy atom. The summed E-state index contributed by atoms with van der Waals surface area (Å²) in [7, 11) is 0. The summed E-state index contributed by atoms with van der Waals surface area (Å²) in [5.74, 6) is -0.192. The maximum atomic E-state index is 13.9. The van der Waals surface area contributed by atoms with E-state index in [4.69, 9.17) is 11.6 Å². The zero-order valence-corrected chi connectivity index (χ0v) is 11.7. The first-order valence-electron chi connectivity index (χ1n) is 6.55. The SMILES string of the molecule is CCC1(CC)CN(c2cc(Cl)ccc2F)CCN1. The Kier molecular flexibility index (Phi) is 4.13. The quantitative estimate of drug-likeness (QED) is 0.905. The van der Waals surface area contributed by atoms with Crippen LogP contribution in [0.1, 0.15) is 26.7 Å². The maximum absolute atomic E-state index is 13.9. The van der Waals surface area contributed by atoms with Crippen molar-refractivity contribution in [3.63, 3.8) is 0 Å². The largest absolute Gasteiger partial charge is 0.366 e. The van der Waals surface area contributed by atoms with Gasteiger partial charge in [-0.05, 0) is 31.0 Å². The summed E-state index contributed by atoms with van der Waals surface area (Å²) in [5.41, 5.74) is 0.711. The van der Waals surface area contributed by atoms with Gasteiger partial charge in [0.1, 0.15) is 5.82 Å². The average Bonchev–Trinajstić information content (AvgIpc) is 2.41. The molecule has 0 spiro atoms. The molecule has 100 valence electrons. The Morgan fingerprint density at radius 3 is 2.78 bits per heavy atom. The average molecular weight is 271 g/mol. The van der Waals surface area contributed by atoms with E-state index in [0.717, 1.165) is 32.5 Å². The number of anilines is 1. The Bertz CT molecular complexity index is 418. The fraction of sp³-hybridized carbons (Fsp3) is 0.571. The summed E-state index contributed by atoms with van der Waals surface area (Å²) in [6.45, 7) is 6.88. The third kappa shape index (κ3) is 2.62. The molecule has 0 atom stereocenters. The van der Waals surface area contributed by atoms with E-state index in [0.29, 0.717) is 10.7 Å². The molecule has 0 unspecified atom stereocenters. The molecule has 0 aromatic heterocycles. The van der Waals surface area contributed by atoms with Crippen LogP contribution in [0.5, 0.6) is 0 Å². The minimum atomic E-state index is -0.192. The zero-order chi connectivity index (χ0) is 13.2. The predicted molar refractivity (Wildman–Crippen MR) is 74.9 cm³/mol. The van der Waals surface area contributed by atoms with Crippen LogP contribution in [0, 0.1) is 5.82 Å². The van der Waals surface area contributed by atoms with E-state index < -0.39 is 0 Å². The van der Waals surface area contributed by atoms with Gasteiger partial charge < -0.3 is 10.2 Å². The van der Waals surface area contributed by atoms with Crippen LogP contribution >= 0.6 is 11.6 Å². The van der Waals surface area contributed by atoms with Gasteiger partial charge in [0.15, 0.2) is 0 Å². The lowest BCUT2D eigenvalue weighted by Crippen LogP contribution is -2.60. The minimum Gasteiger partial charge on any atom is -0.366 e. The second-order valence-electron chi connectivity index (χ2n) is 4.93. The van der Waals surface area contributed by atoms with Gasteiger partial charge in [0.2, 0.25) is 0 Å². The molecule has 0 radical (unpaired) electrons. The molecule has 0 aliphatic carbocycles. The van der Waals surface area contributed by atoms with E-state index in [2.05, 4.69) is 24.1 Å². The fourth-order valence-corrected chi connectivity index (χ4v) is 2.78. The number of hydrogen-bond donors (Lipinski definition) is 1. The van der Waals surface area contributed by atoms with Crippen molar-refractivity contribution in [2.75, 3.05) is 24.5 Å². The summed E-state index contributed by atoms with van der Waals surface area (Å²) in [6.07, 6.45) is 2.09. The lowest BCUT2D eigenvalue weighted by atomic mass is 9.90. The second kappa shape index (κ2) is 5.45. The van der Waals surface area contributed by atoms with E-state index in [1.165, 1.54) is 6.07 Å². The molecule has 0 amide bonds. The molecular formula is C14H20ClFN2. The van der Waals surface area contributed by atoms with Crippen molar-refractivity contribution in [2.24, 2.45) is 0 Å². The summed E-state index contributed by atoms with van der Waals surface area (Å²) >= 11 is 5.97. The van der Waals surface area contributed by atoms with E-state index in [-0.39, 0.29) is 11.4 Å². The second-order valence-corrected chi connectivity index (χ2v) is 5.37. The zero-order valence-electron chi connectivity index (χ0n) is 11.0. The molecule has 18 heavy (non-hydrogen) atoms. The Hall–Kier alpha value is -0.800. The fourth-order valence-electron chi connectivity index (χ4n) is 2.61. The molecule has 4 heteroatoms. The van der Waals surface area contributed by atoms with Gasteiger partial charge in [-0.15, -0.1) is 0 Å². The van der Waals surface area contributed by atoms with Crippen LogP contribution in [0.2, 0.25) is 5.02 Å². The van der Waals surface area contributed by atoms with Crippen LogP contribution in [-0.4, -0.2) is 25.2 Å². The van der Waals surface area contributed by atoms with Crippen molar-refractivity contribution in [1.82, 2.24) is 5.32 Å². The molecule has 0 bridgehead atoms. The minimum absolute atomic E-state index is 0.0903. The molecule has 2 nitrogen and oxygen atoms in total. The van der Waals surface area contributed by atoms with Gasteiger partial charge in [0, 0.05) is 30.2 Å². The van der Waals surface area contributed by atoms with Gasteiger partial charge in [-0.3, -0.25) is 0 Å². The smallest absolute Gasteiger partial charge is 0.146 e. The van der Waals surface area contributed by atoms with E-state index in [1.54, 1.807) is 12.1 Å². The number of benzene rings is 1. The van der Waals surface area contributed by atoms with Gasteiger partial charge in [0.05, 0.1) is 5.69 Å². The molecule has 1 aromatic carbocycles. The summed E-state index contributed by atoms with van der Waals surface area (Å²) < 4.78 is 13.9. The van der Waals surface area contributed by atoms with Crippen molar-refractivity contribution in [3.8, 4) is 0 Å². The van der Waals surface area contributed by atoms with Gasteiger partial charge >= 0.3 is 0 Å². The van der Waals surface area contributed by atoms with Crippen molar-refractivity contribution < 1.29 is 4.39 Å². The highest BCUT2D eigenvalue weighted by molar-refractivity contribution is 6.30. The number of nitrogens with one attached hydrogen (secondary N) is 1. The van der Waals surface area contributed by atoms with E-state index in [9.17, 15) is 4.39 Å². The number of nitrogens with zero attached hydrogens (tertiary/aromatic N) is 1. The number of rotatable bonds is 3. The van der Waals surface area contributed by atoms with Gasteiger partial charge in [-0.1, -0.05) is 25.4 Å². The molecule has 1 fully saturated rings. The van der Waals surface area contributed by atoms with Gasteiger partial charge in [0.25, 0.3) is 0 Å². The van der Waals surface area contributed by atoms with Crippen molar-refractivity contribution in [3.05, 3.63) is 29.0 Å². The number of hydrogen-bond acceptors (Lipinski definition) is 2. The lowest BCUT2D eigenvalue weighted by Gasteiger charge is -2.44. The normalized spacial score (nSPS) is 19.0. The van der Waals surface area contributed by atoms with E-state index in [1.807, 2.05) is 0 Å². The van der Waals surface area contributed by atoms with Crippen LogP contribution < -0.4 is 10.2 Å². The highest BCUT2D eigenvalue weighted by atomic mass is 35.5. The monoisotopic (exact) mass is 270 g/mol. The first kappa shape index (κ1) is 13.6. The molecule has 2 rings (SSSR count). The molecule has 1 aliphatic rings. The third-order valence-electron chi connectivity index (χ3n) is 3.98. The van der Waals surface area contributed by atoms with Crippen molar-refractivity contribution in [2.45, 2.75) is 32.2 Å². The van der Waals surface area contributed by atoms with Crippen LogP contribution in [0.3, 0.4) is 0 Å². The molecule has 1 aliphatic heterocycles. The maximum Gasteiger partial charge on any atom is 0.146 e. The summed E-state index contributed by atoms with van der Waals surface area (Å²) in [4.78, 5) is 2.10. The van der Waals surface area contributed by atoms with Crippen LogP contribution in [0.15, 0.2) is 18.2 Å². The third-order valence-corrected chi connectivity index (χ3v) is 4.21. The standard InChI is InChI=1S/C14H20ClFN2/c1-3-14(4-2)10-18(8-7-17-14)13-9-11(15)5-6-12(13)16/h5-6,9,17H,3-4,7-8,10H2,1-2H3. The first-order chi connectivity index (χ1) is 8.60. The Balaban J connectivity index is 2.25. The number of halogens is 2. The molecule has 1 saturated heterocycles. The van der Waals surface area contributed by atoms with Crippen molar-refractivity contribution >= 4 is 17.3 Å². The predicted octanol–water partition coefficient (Wildman–Crippen LogP) is 3.45. The molecule has 1 aromatic rings. The molecule has 1 heterocycles. The molecular weight excluding hydrogens is 251 g/mol. The van der Waals surface area contributed by atoms with E-state index >= 15 is 0 Å². The van der Waals surface area contributed by atoms with Crippen molar-refractivity contribution in [1.29, 1.82) is 0 Å². The molecule has 0 saturated carbocycles. The van der Waals surface area contributed by atoms with Crippen LogP contribution in [0.25, 0.3) is 0 Å². The highest BCUT2D eigenvalue weighted by Crippen LogP contribution is 2.28. The number of piperazine rings is 1.